The summed E-state index contributed by atoms with van der Waals surface area (Å²) in [6.45, 7) is 1.90. The number of ether oxygens (including phenoxy) is 1. The zero-order chi connectivity index (χ0) is 13.8. The van der Waals surface area contributed by atoms with Crippen LogP contribution in [0.3, 0.4) is 0 Å². The Balaban J connectivity index is 2.31. The summed E-state index contributed by atoms with van der Waals surface area (Å²) in [5.74, 6) is 0.734. The average molecular weight is 273 g/mol. The molecule has 0 spiro atoms. The van der Waals surface area contributed by atoms with Gasteiger partial charge < -0.3 is 10.1 Å². The molecule has 0 aliphatic carbocycles. The summed E-state index contributed by atoms with van der Waals surface area (Å²) in [6, 6.07) is 13.1. The monoisotopic (exact) mass is 272 g/mol. The van der Waals surface area contributed by atoms with Crippen molar-refractivity contribution >= 4 is 23.0 Å². The van der Waals surface area contributed by atoms with E-state index in [9.17, 15) is 0 Å². The van der Waals surface area contributed by atoms with Gasteiger partial charge in [0.25, 0.3) is 0 Å². The van der Waals surface area contributed by atoms with Crippen LogP contribution in [0.4, 0.5) is 11.4 Å². The lowest BCUT2D eigenvalue weighted by Gasteiger charge is -2.11. The van der Waals surface area contributed by atoms with E-state index in [4.69, 9.17) is 21.6 Å². The van der Waals surface area contributed by atoms with Crippen molar-refractivity contribution in [1.29, 1.82) is 5.26 Å². The van der Waals surface area contributed by atoms with Crippen molar-refractivity contribution in [1.82, 2.24) is 0 Å². The van der Waals surface area contributed by atoms with Crippen LogP contribution < -0.4 is 10.1 Å². The molecular weight excluding hydrogens is 260 g/mol. The summed E-state index contributed by atoms with van der Waals surface area (Å²) in [4.78, 5) is 0. The second-order valence-electron chi connectivity index (χ2n) is 4.11. The standard InChI is InChI=1S/C15H13ClN2O/c1-10-7-12(4-3-11(10)9-17)18-15-8-13(19-2)5-6-14(15)16/h3-8,18H,1-2H3. The van der Waals surface area contributed by atoms with Crippen LogP contribution in [0.15, 0.2) is 36.4 Å². The van der Waals surface area contributed by atoms with Crippen molar-refractivity contribution in [2.75, 3.05) is 12.4 Å². The second kappa shape index (κ2) is 5.64. The molecule has 3 nitrogen and oxygen atoms in total. The fourth-order valence-electron chi connectivity index (χ4n) is 1.75. The maximum Gasteiger partial charge on any atom is 0.121 e. The molecule has 4 heteroatoms. The lowest BCUT2D eigenvalue weighted by Crippen LogP contribution is -1.94. The normalized spacial score (nSPS) is 9.79. The van der Waals surface area contributed by atoms with Crippen molar-refractivity contribution < 1.29 is 4.74 Å². The Kier molecular flexibility index (Phi) is 3.94. The molecule has 1 N–H and O–H groups in total. The molecular formula is C15H13ClN2O. The van der Waals surface area contributed by atoms with Crippen LogP contribution in [-0.2, 0) is 0 Å². The summed E-state index contributed by atoms with van der Waals surface area (Å²) in [6.07, 6.45) is 0. The molecule has 0 atom stereocenters. The van der Waals surface area contributed by atoms with Crippen molar-refractivity contribution in [2.45, 2.75) is 6.92 Å². The van der Waals surface area contributed by atoms with Gasteiger partial charge in [0.15, 0.2) is 0 Å². The SMILES string of the molecule is COc1ccc(Cl)c(Nc2ccc(C#N)c(C)c2)c1. The van der Waals surface area contributed by atoms with Gasteiger partial charge in [0.2, 0.25) is 0 Å². The van der Waals surface area contributed by atoms with Gasteiger partial charge in [-0.25, -0.2) is 0 Å². The molecule has 0 radical (unpaired) electrons. The Morgan fingerprint density at radius 1 is 1.21 bits per heavy atom. The highest BCUT2D eigenvalue weighted by Gasteiger charge is 2.04. The highest BCUT2D eigenvalue weighted by atomic mass is 35.5. The van der Waals surface area contributed by atoms with Gasteiger partial charge in [0.1, 0.15) is 5.75 Å². The number of hydrogen-bond donors (Lipinski definition) is 1. The highest BCUT2D eigenvalue weighted by molar-refractivity contribution is 6.33. The third kappa shape index (κ3) is 2.98. The Labute approximate surface area is 117 Å². The molecule has 19 heavy (non-hydrogen) atoms. The first-order valence-electron chi connectivity index (χ1n) is 5.75. The van der Waals surface area contributed by atoms with Crippen LogP contribution in [0.1, 0.15) is 11.1 Å². The van der Waals surface area contributed by atoms with Gasteiger partial charge in [-0.05, 0) is 42.8 Å². The molecule has 96 valence electrons. The third-order valence-electron chi connectivity index (χ3n) is 2.80. The van der Waals surface area contributed by atoms with Crippen LogP contribution in [0, 0.1) is 18.3 Å². The fraction of sp³-hybridized carbons (Fsp3) is 0.133. The summed E-state index contributed by atoms with van der Waals surface area (Å²) >= 11 is 6.13. The minimum Gasteiger partial charge on any atom is -0.497 e. The zero-order valence-corrected chi connectivity index (χ0v) is 11.5. The lowest BCUT2D eigenvalue weighted by atomic mass is 10.1. The third-order valence-corrected chi connectivity index (χ3v) is 3.13. The number of nitrogens with one attached hydrogen (secondary N) is 1. The van der Waals surface area contributed by atoms with E-state index < -0.39 is 0 Å². The van der Waals surface area contributed by atoms with E-state index in [1.807, 2.05) is 25.1 Å². The summed E-state index contributed by atoms with van der Waals surface area (Å²) < 4.78 is 5.17. The number of aryl methyl sites for hydroxylation is 1. The number of hydrogen-bond acceptors (Lipinski definition) is 3. The Hall–Kier alpha value is -2.18. The number of methoxy groups -OCH3 is 1. The second-order valence-corrected chi connectivity index (χ2v) is 4.52. The molecule has 2 aromatic rings. The number of nitrogens with zero attached hydrogens (tertiary/aromatic N) is 1. The summed E-state index contributed by atoms with van der Waals surface area (Å²) in [5, 5.41) is 12.7. The minimum atomic E-state index is 0.614. The maximum atomic E-state index is 8.90. The van der Waals surface area contributed by atoms with Crippen LogP contribution in [0.25, 0.3) is 0 Å². The first-order chi connectivity index (χ1) is 9.13. The molecule has 0 fully saturated rings. The molecule has 0 heterocycles. The van der Waals surface area contributed by atoms with Crippen LogP contribution in [-0.4, -0.2) is 7.11 Å². The van der Waals surface area contributed by atoms with Crippen LogP contribution in [0.2, 0.25) is 5.02 Å². The van der Waals surface area contributed by atoms with Gasteiger partial charge in [-0.15, -0.1) is 0 Å². The fourth-order valence-corrected chi connectivity index (χ4v) is 1.91. The quantitative estimate of drug-likeness (QED) is 0.907. The predicted octanol–water partition coefficient (Wildman–Crippen LogP) is 4.27. The predicted molar refractivity (Wildman–Crippen MR) is 77.2 cm³/mol. The molecule has 0 aliphatic heterocycles. The smallest absolute Gasteiger partial charge is 0.121 e. The lowest BCUT2D eigenvalue weighted by molar-refractivity contribution is 0.415. The van der Waals surface area contributed by atoms with Gasteiger partial charge in [-0.2, -0.15) is 5.26 Å². The van der Waals surface area contributed by atoms with Gasteiger partial charge >= 0.3 is 0 Å². The van der Waals surface area contributed by atoms with E-state index >= 15 is 0 Å². The van der Waals surface area contributed by atoms with E-state index in [0.717, 1.165) is 22.7 Å². The van der Waals surface area contributed by atoms with Crippen molar-refractivity contribution in [3.8, 4) is 11.8 Å². The van der Waals surface area contributed by atoms with Gasteiger partial charge in [0, 0.05) is 11.8 Å². The number of halogens is 1. The van der Waals surface area contributed by atoms with E-state index in [2.05, 4.69) is 11.4 Å². The number of benzene rings is 2. The largest absolute Gasteiger partial charge is 0.497 e. The topological polar surface area (TPSA) is 45.0 Å². The van der Waals surface area contributed by atoms with Gasteiger partial charge in [-0.3, -0.25) is 0 Å². The van der Waals surface area contributed by atoms with Gasteiger partial charge in [-0.1, -0.05) is 11.6 Å². The Bertz CT molecular complexity index is 647. The maximum absolute atomic E-state index is 8.90. The first kappa shape index (κ1) is 13.3. The Morgan fingerprint density at radius 2 is 2.00 bits per heavy atom. The van der Waals surface area contributed by atoms with Crippen LogP contribution in [0.5, 0.6) is 5.75 Å². The van der Waals surface area contributed by atoms with E-state index in [-0.39, 0.29) is 0 Å². The molecule has 0 bridgehead atoms. The van der Waals surface area contributed by atoms with E-state index in [0.29, 0.717) is 10.6 Å². The summed E-state index contributed by atoms with van der Waals surface area (Å²) in [7, 11) is 1.61. The summed E-state index contributed by atoms with van der Waals surface area (Å²) in [5.41, 5.74) is 3.24. The molecule has 0 aliphatic rings. The Morgan fingerprint density at radius 3 is 2.63 bits per heavy atom. The molecule has 0 amide bonds. The highest BCUT2D eigenvalue weighted by Crippen LogP contribution is 2.30. The average Bonchev–Trinajstić information content (AvgIpc) is 2.41. The molecule has 0 aromatic heterocycles. The van der Waals surface area contributed by atoms with Crippen LogP contribution >= 0.6 is 11.6 Å². The first-order valence-corrected chi connectivity index (χ1v) is 6.13. The molecule has 0 unspecified atom stereocenters. The van der Waals surface area contributed by atoms with Gasteiger partial charge in [0.05, 0.1) is 29.5 Å². The number of nitriles is 1. The van der Waals surface area contributed by atoms with Crippen molar-refractivity contribution in [3.63, 3.8) is 0 Å². The number of anilines is 2. The molecule has 2 rings (SSSR count). The molecule has 2 aromatic carbocycles. The van der Waals surface area contributed by atoms with E-state index in [1.54, 1.807) is 25.3 Å². The van der Waals surface area contributed by atoms with Crippen molar-refractivity contribution in [2.24, 2.45) is 0 Å². The minimum absolute atomic E-state index is 0.614. The molecule has 0 saturated heterocycles. The van der Waals surface area contributed by atoms with E-state index in [1.165, 1.54) is 0 Å². The zero-order valence-electron chi connectivity index (χ0n) is 10.7. The van der Waals surface area contributed by atoms with Crippen molar-refractivity contribution in [3.05, 3.63) is 52.5 Å². The number of rotatable bonds is 3. The molecule has 0 saturated carbocycles.